The second kappa shape index (κ2) is 6.66. The summed E-state index contributed by atoms with van der Waals surface area (Å²) in [5.41, 5.74) is 13.3. The molecule has 98 valence electrons. The molecule has 5 N–H and O–H groups in total. The highest BCUT2D eigenvalue weighted by molar-refractivity contribution is 5.81. The van der Waals surface area contributed by atoms with E-state index in [9.17, 15) is 9.90 Å². The second-order valence-corrected chi connectivity index (χ2v) is 3.95. The maximum absolute atomic E-state index is 11.1. The molecule has 0 aliphatic rings. The van der Waals surface area contributed by atoms with Gasteiger partial charge in [-0.1, -0.05) is 6.08 Å². The molecule has 1 rings (SSSR count). The molecule has 1 aromatic rings. The minimum atomic E-state index is -0.802. The normalized spacial score (nSPS) is 12.6. The summed E-state index contributed by atoms with van der Waals surface area (Å²) in [7, 11) is 0. The highest BCUT2D eigenvalue weighted by Gasteiger charge is 2.10. The number of allylic oxidation sites excluding steroid dienone is 1. The zero-order valence-electron chi connectivity index (χ0n) is 10.3. The molecule has 0 heterocycles. The van der Waals surface area contributed by atoms with Gasteiger partial charge < -0.3 is 21.3 Å². The summed E-state index contributed by atoms with van der Waals surface area (Å²) < 4.78 is 4.84. The fourth-order valence-electron chi connectivity index (χ4n) is 1.48. The quantitative estimate of drug-likeness (QED) is 0.409. The monoisotopic (exact) mass is 250 g/mol. The highest BCUT2D eigenvalue weighted by Crippen LogP contribution is 2.17. The number of nitrogens with two attached hydrogens (primary N) is 2. The molecular formula is C13H18N2O3. The zero-order chi connectivity index (χ0) is 13.5. The molecule has 0 spiro atoms. The van der Waals surface area contributed by atoms with E-state index in [1.165, 1.54) is 6.08 Å². The Labute approximate surface area is 106 Å². The molecular weight excluding hydrogens is 232 g/mol. The first-order chi connectivity index (χ1) is 8.52. The van der Waals surface area contributed by atoms with Crippen molar-refractivity contribution >= 4 is 17.3 Å². The number of hydrogen-bond acceptors (Lipinski definition) is 5. The van der Waals surface area contributed by atoms with E-state index in [0.717, 1.165) is 5.56 Å². The molecule has 5 heteroatoms. The summed E-state index contributed by atoms with van der Waals surface area (Å²) in [4.78, 5) is 11.1. The number of carbonyl (C=O) groups is 1. The molecule has 0 amide bonds. The third kappa shape index (κ3) is 4.47. The van der Waals surface area contributed by atoms with Crippen molar-refractivity contribution < 1.29 is 14.6 Å². The fraction of sp³-hybridized carbons (Fsp3) is 0.308. The third-order valence-corrected chi connectivity index (χ3v) is 2.34. The molecule has 0 bridgehead atoms. The Balaban J connectivity index is 2.51. The van der Waals surface area contributed by atoms with E-state index in [4.69, 9.17) is 16.2 Å². The van der Waals surface area contributed by atoms with Crippen molar-refractivity contribution in [3.63, 3.8) is 0 Å². The molecule has 0 saturated heterocycles. The van der Waals surface area contributed by atoms with Crippen molar-refractivity contribution in [2.45, 2.75) is 19.4 Å². The predicted octanol–water partition coefficient (Wildman–Crippen LogP) is 0.874. The van der Waals surface area contributed by atoms with Crippen LogP contribution in [0, 0.1) is 0 Å². The molecule has 0 saturated carbocycles. The molecule has 1 unspecified atom stereocenters. The van der Waals surface area contributed by atoms with Gasteiger partial charge in [-0.05, 0) is 30.7 Å². The van der Waals surface area contributed by atoms with Gasteiger partial charge in [-0.2, -0.15) is 0 Å². The number of aliphatic hydroxyl groups is 1. The summed E-state index contributed by atoms with van der Waals surface area (Å²) in [5.74, 6) is -0.475. The van der Waals surface area contributed by atoms with Crippen molar-refractivity contribution in [2.75, 3.05) is 18.1 Å². The van der Waals surface area contributed by atoms with E-state index >= 15 is 0 Å². The van der Waals surface area contributed by atoms with Gasteiger partial charge in [-0.25, -0.2) is 4.79 Å². The Bertz CT molecular complexity index is 444. The molecule has 0 aromatic heterocycles. The van der Waals surface area contributed by atoms with Crippen LogP contribution in [0.5, 0.6) is 0 Å². The Morgan fingerprint density at radius 1 is 1.50 bits per heavy atom. The van der Waals surface area contributed by atoms with Crippen LogP contribution in [-0.4, -0.2) is 23.8 Å². The number of carbonyl (C=O) groups excluding carboxylic acids is 1. The minimum absolute atomic E-state index is 0.0720. The first-order valence-electron chi connectivity index (χ1n) is 5.64. The number of benzene rings is 1. The van der Waals surface area contributed by atoms with Crippen molar-refractivity contribution in [1.82, 2.24) is 0 Å². The first-order valence-corrected chi connectivity index (χ1v) is 5.64. The van der Waals surface area contributed by atoms with Crippen molar-refractivity contribution in [3.05, 3.63) is 35.9 Å². The summed E-state index contributed by atoms with van der Waals surface area (Å²) >= 11 is 0. The van der Waals surface area contributed by atoms with E-state index in [2.05, 4.69) is 0 Å². The van der Waals surface area contributed by atoms with E-state index in [1.54, 1.807) is 31.2 Å². The topological polar surface area (TPSA) is 98.6 Å². The number of esters is 1. The summed E-state index contributed by atoms with van der Waals surface area (Å²) in [6.45, 7) is 1.64. The molecule has 0 aliphatic carbocycles. The first kappa shape index (κ1) is 14.1. The molecule has 0 radical (unpaired) electrons. The van der Waals surface area contributed by atoms with Crippen LogP contribution in [0.1, 0.15) is 12.5 Å². The van der Waals surface area contributed by atoms with Crippen LogP contribution in [0.15, 0.2) is 30.4 Å². The van der Waals surface area contributed by atoms with Gasteiger partial charge in [-0.15, -0.1) is 0 Å². The van der Waals surface area contributed by atoms with E-state index in [1.807, 2.05) is 0 Å². The third-order valence-electron chi connectivity index (χ3n) is 2.34. The number of anilines is 2. The molecule has 0 aliphatic heterocycles. The lowest BCUT2D eigenvalue weighted by Gasteiger charge is -2.12. The van der Waals surface area contributed by atoms with Gasteiger partial charge in [0.25, 0.3) is 0 Å². The van der Waals surface area contributed by atoms with Crippen molar-refractivity contribution in [1.29, 1.82) is 0 Å². The van der Waals surface area contributed by atoms with Gasteiger partial charge in [-0.3, -0.25) is 0 Å². The lowest BCUT2D eigenvalue weighted by Crippen LogP contribution is -2.20. The Kier molecular flexibility index (Phi) is 5.20. The van der Waals surface area contributed by atoms with Crippen LogP contribution in [0.4, 0.5) is 11.4 Å². The van der Waals surface area contributed by atoms with E-state index < -0.39 is 12.1 Å². The Morgan fingerprint density at radius 2 is 2.22 bits per heavy atom. The van der Waals surface area contributed by atoms with Gasteiger partial charge >= 0.3 is 5.97 Å². The highest BCUT2D eigenvalue weighted by atomic mass is 16.5. The predicted molar refractivity (Wildman–Crippen MR) is 70.8 cm³/mol. The lowest BCUT2D eigenvalue weighted by atomic mass is 10.1. The SMILES string of the molecule is CC=CC(=O)OCC(O)Cc1cc(N)ccc1N. The van der Waals surface area contributed by atoms with Gasteiger partial charge in [0.1, 0.15) is 6.61 Å². The van der Waals surface area contributed by atoms with Crippen LogP contribution in [-0.2, 0) is 16.0 Å². The fourth-order valence-corrected chi connectivity index (χ4v) is 1.48. The van der Waals surface area contributed by atoms with E-state index in [-0.39, 0.29) is 6.61 Å². The van der Waals surface area contributed by atoms with Gasteiger partial charge in [0.15, 0.2) is 0 Å². The van der Waals surface area contributed by atoms with Crippen LogP contribution >= 0.6 is 0 Å². The van der Waals surface area contributed by atoms with Gasteiger partial charge in [0, 0.05) is 23.9 Å². The van der Waals surface area contributed by atoms with Crippen molar-refractivity contribution in [3.8, 4) is 0 Å². The molecule has 1 atom stereocenters. The largest absolute Gasteiger partial charge is 0.460 e. The number of nitrogen functional groups attached to an aromatic ring is 2. The smallest absolute Gasteiger partial charge is 0.330 e. The average Bonchev–Trinajstić information content (AvgIpc) is 2.32. The average molecular weight is 250 g/mol. The second-order valence-electron chi connectivity index (χ2n) is 3.95. The molecule has 18 heavy (non-hydrogen) atoms. The number of hydrogen-bond donors (Lipinski definition) is 3. The number of rotatable bonds is 5. The molecule has 0 fully saturated rings. The zero-order valence-corrected chi connectivity index (χ0v) is 10.3. The number of ether oxygens (including phenoxy) is 1. The number of aliphatic hydroxyl groups excluding tert-OH is 1. The molecule has 1 aromatic carbocycles. The molecule has 5 nitrogen and oxygen atoms in total. The summed E-state index contributed by atoms with van der Waals surface area (Å²) in [6, 6.07) is 5.08. The van der Waals surface area contributed by atoms with E-state index in [0.29, 0.717) is 17.8 Å². The van der Waals surface area contributed by atoms with Gasteiger partial charge in [0.2, 0.25) is 0 Å². The van der Waals surface area contributed by atoms with Gasteiger partial charge in [0.05, 0.1) is 6.10 Å². The van der Waals surface area contributed by atoms with Crippen LogP contribution in [0.25, 0.3) is 0 Å². The Morgan fingerprint density at radius 3 is 2.89 bits per heavy atom. The maximum Gasteiger partial charge on any atom is 0.330 e. The lowest BCUT2D eigenvalue weighted by molar-refractivity contribution is -0.140. The van der Waals surface area contributed by atoms with Crippen molar-refractivity contribution in [2.24, 2.45) is 0 Å². The summed E-state index contributed by atoms with van der Waals surface area (Å²) in [5, 5.41) is 9.74. The maximum atomic E-state index is 11.1. The standard InChI is InChI=1S/C13H18N2O3/c1-2-3-13(17)18-8-11(16)7-9-6-10(14)4-5-12(9)15/h2-6,11,16H,7-8,14-15H2,1H3. The van der Waals surface area contributed by atoms with Crippen LogP contribution in [0.2, 0.25) is 0 Å². The summed E-state index contributed by atoms with van der Waals surface area (Å²) in [6.07, 6.45) is 2.36. The Hall–Kier alpha value is -2.01. The minimum Gasteiger partial charge on any atom is -0.460 e. The van der Waals surface area contributed by atoms with Crippen LogP contribution in [0.3, 0.4) is 0 Å². The van der Waals surface area contributed by atoms with Crippen LogP contribution < -0.4 is 11.5 Å².